The lowest BCUT2D eigenvalue weighted by atomic mass is 10.1. The van der Waals surface area contributed by atoms with Crippen LogP contribution in [0.4, 0.5) is 4.79 Å². The molecule has 0 atom stereocenters. The molecule has 0 unspecified atom stereocenters. The molecule has 3 amide bonds. The monoisotopic (exact) mass is 368 g/mol. The third-order valence-corrected chi connectivity index (χ3v) is 3.53. The highest BCUT2D eigenvalue weighted by atomic mass is 79.9. The fraction of sp³-hybridized carbons (Fsp3) is 0.438. The van der Waals surface area contributed by atoms with Gasteiger partial charge in [-0.1, -0.05) is 41.9 Å². The van der Waals surface area contributed by atoms with Gasteiger partial charge in [-0.2, -0.15) is 0 Å². The van der Waals surface area contributed by atoms with E-state index >= 15 is 0 Å². The third-order valence-electron chi connectivity index (χ3n) is 3.01. The van der Waals surface area contributed by atoms with Crippen LogP contribution in [0.1, 0.15) is 43.5 Å². The summed E-state index contributed by atoms with van der Waals surface area (Å²) in [4.78, 5) is 35.0. The molecule has 2 N–H and O–H groups in total. The summed E-state index contributed by atoms with van der Waals surface area (Å²) in [6.07, 6.45) is 0.920. The maximum Gasteiger partial charge on any atom is 0.321 e. The molecule has 6 heteroatoms. The van der Waals surface area contributed by atoms with E-state index in [0.717, 1.165) is 10.9 Å². The zero-order chi connectivity index (χ0) is 16.5. The van der Waals surface area contributed by atoms with E-state index in [4.69, 9.17) is 0 Å². The second-order valence-corrected chi connectivity index (χ2v) is 6.33. The molecule has 0 saturated carbocycles. The summed E-state index contributed by atoms with van der Waals surface area (Å²) in [5.74, 6) is -0.0880. The summed E-state index contributed by atoms with van der Waals surface area (Å²) in [7, 11) is 0. The minimum Gasteiger partial charge on any atom is -0.338 e. The first-order valence-corrected chi connectivity index (χ1v) is 8.04. The second kappa shape index (κ2) is 9.35. The van der Waals surface area contributed by atoms with E-state index in [1.807, 2.05) is 0 Å². The lowest BCUT2D eigenvalue weighted by Crippen LogP contribution is -2.40. The van der Waals surface area contributed by atoms with E-state index in [0.29, 0.717) is 18.0 Å². The number of carbonyl (C=O) groups excluding carboxylic acids is 3. The number of halogens is 1. The predicted molar refractivity (Wildman–Crippen MR) is 88.7 cm³/mol. The molecule has 0 saturated heterocycles. The molecule has 1 aromatic carbocycles. The zero-order valence-electron chi connectivity index (χ0n) is 12.8. The molecule has 0 aromatic heterocycles. The van der Waals surface area contributed by atoms with Crippen LogP contribution in [-0.4, -0.2) is 24.3 Å². The van der Waals surface area contributed by atoms with E-state index in [2.05, 4.69) is 40.4 Å². The van der Waals surface area contributed by atoms with E-state index < -0.39 is 11.9 Å². The zero-order valence-corrected chi connectivity index (χ0v) is 14.4. The second-order valence-electron chi connectivity index (χ2n) is 5.42. The van der Waals surface area contributed by atoms with Crippen LogP contribution in [0.5, 0.6) is 0 Å². The fourth-order valence-corrected chi connectivity index (χ4v) is 1.98. The van der Waals surface area contributed by atoms with Gasteiger partial charge in [-0.3, -0.25) is 14.9 Å². The molecule has 0 radical (unpaired) electrons. The average Bonchev–Trinajstić information content (AvgIpc) is 2.45. The van der Waals surface area contributed by atoms with Crippen molar-refractivity contribution in [3.8, 4) is 0 Å². The Morgan fingerprint density at radius 1 is 1.09 bits per heavy atom. The number of hydrogen-bond donors (Lipinski definition) is 2. The Labute approximate surface area is 139 Å². The molecule has 0 spiro atoms. The summed E-state index contributed by atoms with van der Waals surface area (Å²) in [5.41, 5.74) is 0.553. The highest BCUT2D eigenvalue weighted by Crippen LogP contribution is 2.12. The van der Waals surface area contributed by atoms with Crippen LogP contribution >= 0.6 is 15.9 Å². The number of imide groups is 1. The van der Waals surface area contributed by atoms with Crippen LogP contribution in [0, 0.1) is 5.92 Å². The maximum atomic E-state index is 11.9. The van der Waals surface area contributed by atoms with Crippen molar-refractivity contribution in [2.75, 3.05) is 6.54 Å². The topological polar surface area (TPSA) is 75.3 Å². The summed E-state index contributed by atoms with van der Waals surface area (Å²) < 4.78 is 0.889. The van der Waals surface area contributed by atoms with Gasteiger partial charge < -0.3 is 5.32 Å². The van der Waals surface area contributed by atoms with Crippen LogP contribution in [0.15, 0.2) is 28.7 Å². The number of amides is 3. The molecule has 22 heavy (non-hydrogen) atoms. The minimum atomic E-state index is -0.512. The highest BCUT2D eigenvalue weighted by Gasteiger charge is 2.11. The summed E-state index contributed by atoms with van der Waals surface area (Å²) in [6, 6.07) is 6.43. The van der Waals surface area contributed by atoms with Gasteiger partial charge in [0.1, 0.15) is 0 Å². The molecule has 1 aromatic rings. The number of carbonyl (C=O) groups is 3. The van der Waals surface area contributed by atoms with E-state index in [1.165, 1.54) is 0 Å². The van der Waals surface area contributed by atoms with Gasteiger partial charge in [-0.05, 0) is 24.5 Å². The molecule has 1 rings (SSSR count). The van der Waals surface area contributed by atoms with Crippen LogP contribution in [0.2, 0.25) is 0 Å². The number of hydrogen-bond acceptors (Lipinski definition) is 3. The lowest BCUT2D eigenvalue weighted by molar-refractivity contribution is -0.120. The molecule has 0 aliphatic carbocycles. The molecular formula is C16H21BrN2O3. The molecule has 0 heterocycles. The van der Waals surface area contributed by atoms with Crippen molar-refractivity contribution in [1.29, 1.82) is 0 Å². The molecule has 5 nitrogen and oxygen atoms in total. The largest absolute Gasteiger partial charge is 0.338 e. The molecule has 120 valence electrons. The first kappa shape index (κ1) is 18.4. The van der Waals surface area contributed by atoms with Crippen molar-refractivity contribution in [1.82, 2.24) is 10.6 Å². The number of benzene rings is 1. The smallest absolute Gasteiger partial charge is 0.321 e. The predicted octanol–water partition coefficient (Wildman–Crippen LogP) is 3.28. The van der Waals surface area contributed by atoms with Crippen LogP contribution in [0.3, 0.4) is 0 Å². The molecule has 0 fully saturated rings. The van der Waals surface area contributed by atoms with Crippen molar-refractivity contribution in [2.45, 2.75) is 33.1 Å². The quantitative estimate of drug-likeness (QED) is 0.725. The van der Waals surface area contributed by atoms with Crippen molar-refractivity contribution in [3.05, 3.63) is 34.3 Å². The molecule has 0 aliphatic heterocycles. The number of ketones is 1. The Bertz CT molecular complexity index is 527. The Morgan fingerprint density at radius 2 is 1.73 bits per heavy atom. The standard InChI is InChI=1S/C16H21BrN2O3/c1-11(2)9-10-18-16(22)19-15(21)8-7-14(20)12-3-5-13(17)6-4-12/h3-6,11H,7-10H2,1-2H3,(H2,18,19,21,22). The Morgan fingerprint density at radius 3 is 2.32 bits per heavy atom. The Hall–Kier alpha value is -1.69. The van der Waals surface area contributed by atoms with Crippen LogP contribution < -0.4 is 10.6 Å². The van der Waals surface area contributed by atoms with Gasteiger partial charge in [0, 0.05) is 29.4 Å². The minimum absolute atomic E-state index is 0.00744. The molecular weight excluding hydrogens is 348 g/mol. The van der Waals surface area contributed by atoms with Crippen LogP contribution in [0.25, 0.3) is 0 Å². The Balaban J connectivity index is 2.29. The number of nitrogens with one attached hydrogen (secondary N) is 2. The van der Waals surface area contributed by atoms with E-state index in [-0.39, 0.29) is 18.6 Å². The number of urea groups is 1. The molecule has 0 bridgehead atoms. The van der Waals surface area contributed by atoms with Gasteiger partial charge in [-0.15, -0.1) is 0 Å². The van der Waals surface area contributed by atoms with Gasteiger partial charge in [0.05, 0.1) is 0 Å². The normalized spacial score (nSPS) is 10.4. The van der Waals surface area contributed by atoms with E-state index in [1.54, 1.807) is 24.3 Å². The summed E-state index contributed by atoms with van der Waals surface area (Å²) in [6.45, 7) is 4.63. The van der Waals surface area contributed by atoms with Crippen LogP contribution in [-0.2, 0) is 4.79 Å². The van der Waals surface area contributed by atoms with Gasteiger partial charge in [0.15, 0.2) is 5.78 Å². The summed E-state index contributed by atoms with van der Waals surface area (Å²) in [5, 5.41) is 4.83. The number of rotatable bonds is 7. The van der Waals surface area contributed by atoms with Gasteiger partial charge in [-0.25, -0.2) is 4.79 Å². The van der Waals surface area contributed by atoms with Gasteiger partial charge in [0.25, 0.3) is 0 Å². The molecule has 0 aliphatic rings. The van der Waals surface area contributed by atoms with Gasteiger partial charge >= 0.3 is 6.03 Å². The van der Waals surface area contributed by atoms with Crippen molar-refractivity contribution >= 4 is 33.7 Å². The number of Topliss-reactive ketones (excluding diaryl/α,β-unsaturated/α-hetero) is 1. The summed E-state index contributed by atoms with van der Waals surface area (Å²) >= 11 is 3.29. The van der Waals surface area contributed by atoms with Crippen molar-refractivity contribution in [2.24, 2.45) is 5.92 Å². The van der Waals surface area contributed by atoms with Crippen molar-refractivity contribution in [3.63, 3.8) is 0 Å². The SMILES string of the molecule is CC(C)CCNC(=O)NC(=O)CCC(=O)c1ccc(Br)cc1. The van der Waals surface area contributed by atoms with Crippen molar-refractivity contribution < 1.29 is 14.4 Å². The Kier molecular flexibility index (Phi) is 7.80. The van der Waals surface area contributed by atoms with E-state index in [9.17, 15) is 14.4 Å². The fourth-order valence-electron chi connectivity index (χ4n) is 1.71. The maximum absolute atomic E-state index is 11.9. The highest BCUT2D eigenvalue weighted by molar-refractivity contribution is 9.10. The average molecular weight is 369 g/mol. The first-order valence-electron chi connectivity index (χ1n) is 7.25. The van der Waals surface area contributed by atoms with Gasteiger partial charge in [0.2, 0.25) is 5.91 Å². The lowest BCUT2D eigenvalue weighted by Gasteiger charge is -2.08. The first-order chi connectivity index (χ1) is 10.4. The third kappa shape index (κ3) is 7.36.